The number of amides is 1. The van der Waals surface area contributed by atoms with Crippen molar-refractivity contribution in [1.82, 2.24) is 4.90 Å². The maximum absolute atomic E-state index is 13.8. The van der Waals surface area contributed by atoms with Crippen LogP contribution >= 0.6 is 0 Å². The lowest BCUT2D eigenvalue weighted by molar-refractivity contribution is -0.130. The molecule has 1 amide bonds. The normalized spacial score (nSPS) is 17.8. The lowest BCUT2D eigenvalue weighted by Crippen LogP contribution is -2.35. The Kier molecular flexibility index (Phi) is 5.69. The maximum atomic E-state index is 13.8. The average Bonchev–Trinajstić information content (AvgIpc) is 2.90. The Labute approximate surface area is 148 Å². The second-order valence-corrected chi connectivity index (χ2v) is 6.57. The summed E-state index contributed by atoms with van der Waals surface area (Å²) in [6.45, 7) is 1.44. The van der Waals surface area contributed by atoms with E-state index in [4.69, 9.17) is 4.74 Å². The molecule has 1 heterocycles. The maximum Gasteiger partial charge on any atom is 0.227 e. The molecule has 0 N–H and O–H groups in total. The van der Waals surface area contributed by atoms with E-state index in [1.165, 1.54) is 11.6 Å². The zero-order valence-electron chi connectivity index (χ0n) is 14.6. The molecule has 3 nitrogen and oxygen atoms in total. The van der Waals surface area contributed by atoms with Crippen molar-refractivity contribution in [1.29, 1.82) is 0 Å². The third kappa shape index (κ3) is 4.38. The zero-order valence-corrected chi connectivity index (χ0v) is 14.6. The first-order valence-corrected chi connectivity index (χ1v) is 8.82. The molecular formula is C21H24FNO2. The minimum atomic E-state index is -0.308. The molecular weight excluding hydrogens is 317 g/mol. The van der Waals surface area contributed by atoms with Gasteiger partial charge in [-0.15, -0.1) is 0 Å². The molecule has 3 rings (SSSR count). The van der Waals surface area contributed by atoms with Gasteiger partial charge in [-0.1, -0.05) is 36.8 Å². The molecule has 0 aliphatic carbocycles. The van der Waals surface area contributed by atoms with Crippen molar-refractivity contribution in [2.45, 2.75) is 31.6 Å². The van der Waals surface area contributed by atoms with Crippen molar-refractivity contribution in [3.05, 3.63) is 65.5 Å². The Morgan fingerprint density at radius 2 is 1.92 bits per heavy atom. The summed E-state index contributed by atoms with van der Waals surface area (Å²) in [5.74, 6) is 0.853. The molecule has 2 aromatic rings. The van der Waals surface area contributed by atoms with Gasteiger partial charge in [-0.2, -0.15) is 0 Å². The van der Waals surface area contributed by atoms with E-state index in [1.807, 2.05) is 17.0 Å². The van der Waals surface area contributed by atoms with Gasteiger partial charge in [0, 0.05) is 19.0 Å². The van der Waals surface area contributed by atoms with Gasteiger partial charge in [0.05, 0.1) is 13.5 Å². The third-order valence-electron chi connectivity index (χ3n) is 4.91. The van der Waals surface area contributed by atoms with Crippen molar-refractivity contribution in [3.8, 4) is 5.75 Å². The second kappa shape index (κ2) is 8.15. The minimum absolute atomic E-state index is 0.00510. The number of carbonyl (C=O) groups excluding carboxylic acids is 1. The second-order valence-electron chi connectivity index (χ2n) is 6.57. The molecule has 0 unspecified atom stereocenters. The quantitative estimate of drug-likeness (QED) is 0.835. The SMILES string of the molecule is COc1ccc([C@@H]2CCCCN(C(=O)Cc3ccccc3F)C2)cc1. The number of halogens is 1. The van der Waals surface area contributed by atoms with Gasteiger partial charge in [-0.05, 0) is 42.2 Å². The molecule has 1 atom stereocenters. The number of hydrogen-bond acceptors (Lipinski definition) is 2. The highest BCUT2D eigenvalue weighted by molar-refractivity contribution is 5.79. The van der Waals surface area contributed by atoms with Crippen LogP contribution < -0.4 is 4.74 Å². The van der Waals surface area contributed by atoms with E-state index >= 15 is 0 Å². The van der Waals surface area contributed by atoms with E-state index in [-0.39, 0.29) is 18.1 Å². The first kappa shape index (κ1) is 17.5. The highest BCUT2D eigenvalue weighted by Crippen LogP contribution is 2.28. The fourth-order valence-electron chi connectivity index (χ4n) is 3.43. The minimum Gasteiger partial charge on any atom is -0.497 e. The lowest BCUT2D eigenvalue weighted by atomic mass is 9.94. The van der Waals surface area contributed by atoms with Crippen LogP contribution in [0.5, 0.6) is 5.75 Å². The van der Waals surface area contributed by atoms with Crippen LogP contribution in [0.3, 0.4) is 0 Å². The predicted octanol–water partition coefficient (Wildman–Crippen LogP) is 4.17. The Balaban J connectivity index is 1.70. The van der Waals surface area contributed by atoms with Crippen LogP contribution in [0, 0.1) is 5.82 Å². The van der Waals surface area contributed by atoms with E-state index in [0.29, 0.717) is 18.0 Å². The summed E-state index contributed by atoms with van der Waals surface area (Å²) in [6, 6.07) is 14.6. The number of carbonyl (C=O) groups is 1. The van der Waals surface area contributed by atoms with Crippen LogP contribution in [0.2, 0.25) is 0 Å². The van der Waals surface area contributed by atoms with Crippen molar-refractivity contribution in [2.24, 2.45) is 0 Å². The summed E-state index contributed by atoms with van der Waals surface area (Å²) in [5, 5.41) is 0. The van der Waals surface area contributed by atoms with Crippen molar-refractivity contribution in [2.75, 3.05) is 20.2 Å². The van der Waals surface area contributed by atoms with Crippen LogP contribution in [0.15, 0.2) is 48.5 Å². The molecule has 0 aromatic heterocycles. The Hall–Kier alpha value is -2.36. The molecule has 0 saturated carbocycles. The standard InChI is InChI=1S/C21H24FNO2/c1-25-19-11-9-16(10-12-19)18-7-4-5-13-23(15-18)21(24)14-17-6-2-3-8-20(17)22/h2-3,6,8-12,18H,4-5,7,13-15H2,1H3/t18-/m1/s1. The molecule has 1 fully saturated rings. The average molecular weight is 341 g/mol. The number of rotatable bonds is 4. The summed E-state index contributed by atoms with van der Waals surface area (Å²) in [5.41, 5.74) is 1.70. The fraction of sp³-hybridized carbons (Fsp3) is 0.381. The molecule has 0 spiro atoms. The number of hydrogen-bond donors (Lipinski definition) is 0. The van der Waals surface area contributed by atoms with E-state index in [1.54, 1.807) is 25.3 Å². The van der Waals surface area contributed by atoms with Crippen molar-refractivity contribution in [3.63, 3.8) is 0 Å². The highest BCUT2D eigenvalue weighted by Gasteiger charge is 2.23. The van der Waals surface area contributed by atoms with E-state index in [9.17, 15) is 9.18 Å². The molecule has 0 bridgehead atoms. The van der Waals surface area contributed by atoms with E-state index < -0.39 is 0 Å². The molecule has 4 heteroatoms. The zero-order chi connectivity index (χ0) is 17.6. The number of benzene rings is 2. The fourth-order valence-corrected chi connectivity index (χ4v) is 3.43. The van der Waals surface area contributed by atoms with Crippen LogP contribution in [0.25, 0.3) is 0 Å². The van der Waals surface area contributed by atoms with Gasteiger partial charge < -0.3 is 9.64 Å². The van der Waals surface area contributed by atoms with Crippen LogP contribution in [0.1, 0.15) is 36.3 Å². The van der Waals surface area contributed by atoms with Gasteiger partial charge in [0.2, 0.25) is 5.91 Å². The molecule has 0 radical (unpaired) electrons. The summed E-state index contributed by atoms with van der Waals surface area (Å²) in [7, 11) is 1.66. The first-order valence-electron chi connectivity index (χ1n) is 8.82. The first-order chi connectivity index (χ1) is 12.2. The van der Waals surface area contributed by atoms with E-state index in [2.05, 4.69) is 12.1 Å². The molecule has 25 heavy (non-hydrogen) atoms. The summed E-state index contributed by atoms with van der Waals surface area (Å²) < 4.78 is 19.0. The third-order valence-corrected chi connectivity index (χ3v) is 4.91. The number of methoxy groups -OCH3 is 1. The van der Waals surface area contributed by atoms with Crippen molar-refractivity contribution < 1.29 is 13.9 Å². The monoisotopic (exact) mass is 341 g/mol. The van der Waals surface area contributed by atoms with E-state index in [0.717, 1.165) is 31.6 Å². The summed E-state index contributed by atoms with van der Waals surface area (Å²) in [4.78, 5) is 14.6. The van der Waals surface area contributed by atoms with Gasteiger partial charge >= 0.3 is 0 Å². The molecule has 132 valence electrons. The van der Waals surface area contributed by atoms with Crippen LogP contribution in [0.4, 0.5) is 4.39 Å². The smallest absolute Gasteiger partial charge is 0.227 e. The van der Waals surface area contributed by atoms with Gasteiger partial charge in [-0.25, -0.2) is 4.39 Å². The van der Waals surface area contributed by atoms with Crippen LogP contribution in [-0.2, 0) is 11.2 Å². The van der Waals surface area contributed by atoms with Gasteiger partial charge in [0.15, 0.2) is 0 Å². The Morgan fingerprint density at radius 3 is 2.64 bits per heavy atom. The summed E-state index contributed by atoms with van der Waals surface area (Å²) >= 11 is 0. The summed E-state index contributed by atoms with van der Waals surface area (Å²) in [6.07, 6.45) is 3.29. The number of nitrogens with zero attached hydrogens (tertiary/aromatic N) is 1. The molecule has 1 aliphatic heterocycles. The predicted molar refractivity (Wildman–Crippen MR) is 96.3 cm³/mol. The van der Waals surface area contributed by atoms with Gasteiger partial charge in [0.1, 0.15) is 11.6 Å². The van der Waals surface area contributed by atoms with Crippen molar-refractivity contribution >= 4 is 5.91 Å². The number of ether oxygens (including phenoxy) is 1. The topological polar surface area (TPSA) is 29.5 Å². The van der Waals surface area contributed by atoms with Crippen LogP contribution in [-0.4, -0.2) is 31.0 Å². The Morgan fingerprint density at radius 1 is 1.16 bits per heavy atom. The van der Waals surface area contributed by atoms with Gasteiger partial charge in [-0.3, -0.25) is 4.79 Å². The largest absolute Gasteiger partial charge is 0.497 e. The molecule has 1 aliphatic rings. The lowest BCUT2D eigenvalue weighted by Gasteiger charge is -2.25. The van der Waals surface area contributed by atoms with Gasteiger partial charge in [0.25, 0.3) is 0 Å². The Bertz CT molecular complexity index is 714. The highest BCUT2D eigenvalue weighted by atomic mass is 19.1. The molecule has 1 saturated heterocycles. The molecule has 2 aromatic carbocycles. The number of likely N-dealkylation sites (tertiary alicyclic amines) is 1.